The van der Waals surface area contributed by atoms with Gasteiger partial charge in [-0.2, -0.15) is 5.10 Å². The number of nitrogens with one attached hydrogen (secondary N) is 1. The highest BCUT2D eigenvalue weighted by atomic mass is 32.1. The molecule has 0 unspecified atom stereocenters. The Kier molecular flexibility index (Phi) is 4.01. The van der Waals surface area contributed by atoms with E-state index in [2.05, 4.69) is 27.7 Å². The minimum Gasteiger partial charge on any atom is -0.375 e. The summed E-state index contributed by atoms with van der Waals surface area (Å²) in [4.78, 5) is 14.4. The van der Waals surface area contributed by atoms with E-state index in [9.17, 15) is 10.1 Å². The Balaban J connectivity index is 2.32. The molecule has 8 nitrogen and oxygen atoms in total. The lowest BCUT2D eigenvalue weighted by Gasteiger charge is -2.04. The minimum atomic E-state index is -0.456. The van der Waals surface area contributed by atoms with E-state index in [0.29, 0.717) is 11.5 Å². The summed E-state index contributed by atoms with van der Waals surface area (Å²) < 4.78 is 1.65. The molecule has 20 heavy (non-hydrogen) atoms. The van der Waals surface area contributed by atoms with Gasteiger partial charge in [0.1, 0.15) is 0 Å². The molecule has 0 aliphatic rings. The lowest BCUT2D eigenvalue weighted by molar-refractivity contribution is -0.384. The van der Waals surface area contributed by atoms with Gasteiger partial charge in [-0.25, -0.2) is 4.98 Å². The van der Waals surface area contributed by atoms with Crippen molar-refractivity contribution in [3.05, 3.63) is 52.6 Å². The number of hydrazone groups is 1. The molecule has 0 radical (unpaired) electrons. The van der Waals surface area contributed by atoms with Gasteiger partial charge in [0.05, 0.1) is 16.8 Å². The van der Waals surface area contributed by atoms with E-state index in [1.807, 2.05) is 0 Å². The predicted octanol–water partition coefficient (Wildman–Crippen LogP) is 0.948. The highest BCUT2D eigenvalue weighted by Gasteiger charge is 2.08. The maximum atomic E-state index is 10.8. The van der Waals surface area contributed by atoms with Gasteiger partial charge in [-0.05, 0) is 18.3 Å². The second-order valence-corrected chi connectivity index (χ2v) is 4.11. The van der Waals surface area contributed by atoms with E-state index < -0.39 is 4.92 Å². The molecule has 1 aromatic carbocycles. The van der Waals surface area contributed by atoms with Gasteiger partial charge in [-0.15, -0.1) is 0 Å². The average molecular weight is 290 g/mol. The van der Waals surface area contributed by atoms with Gasteiger partial charge in [0.2, 0.25) is 0 Å². The van der Waals surface area contributed by atoms with Crippen molar-refractivity contribution in [2.45, 2.75) is 0 Å². The lowest BCUT2D eigenvalue weighted by atomic mass is 10.3. The molecular formula is C11H10N6O2S. The Morgan fingerprint density at radius 3 is 3.10 bits per heavy atom. The largest absolute Gasteiger partial charge is 0.375 e. The number of hydrogen-bond donors (Lipinski definition) is 2. The van der Waals surface area contributed by atoms with Gasteiger partial charge in [-0.1, -0.05) is 6.07 Å². The van der Waals surface area contributed by atoms with Gasteiger partial charge in [0.15, 0.2) is 10.9 Å². The number of non-ortho nitro benzene ring substituents is 1. The number of nitrogens with zero attached hydrogens (tertiary/aromatic N) is 4. The minimum absolute atomic E-state index is 0.000324. The fourth-order valence-electron chi connectivity index (χ4n) is 1.54. The van der Waals surface area contributed by atoms with Crippen LogP contribution >= 0.6 is 12.2 Å². The molecular weight excluding hydrogens is 280 g/mol. The van der Waals surface area contributed by atoms with Crippen molar-refractivity contribution >= 4 is 29.2 Å². The molecule has 1 aromatic heterocycles. The molecule has 2 aromatic rings. The molecule has 0 fully saturated rings. The molecule has 0 saturated heterocycles. The van der Waals surface area contributed by atoms with Crippen LogP contribution in [0.1, 0.15) is 5.82 Å². The Labute approximate surface area is 119 Å². The SMILES string of the molecule is NC(=S)N/N=C/c1nccn1-c1cccc([N+](=O)[O-])c1. The maximum Gasteiger partial charge on any atom is 0.271 e. The smallest absolute Gasteiger partial charge is 0.271 e. The van der Waals surface area contributed by atoms with E-state index in [1.54, 1.807) is 29.1 Å². The van der Waals surface area contributed by atoms with Crippen LogP contribution in [0.15, 0.2) is 41.8 Å². The third-order valence-corrected chi connectivity index (χ3v) is 2.43. The molecule has 102 valence electrons. The topological polar surface area (TPSA) is 111 Å². The lowest BCUT2D eigenvalue weighted by Crippen LogP contribution is -2.24. The van der Waals surface area contributed by atoms with Crippen LogP contribution in [0, 0.1) is 10.1 Å². The van der Waals surface area contributed by atoms with Crippen LogP contribution < -0.4 is 11.2 Å². The average Bonchev–Trinajstić information content (AvgIpc) is 2.87. The summed E-state index contributed by atoms with van der Waals surface area (Å²) in [6.45, 7) is 0. The zero-order valence-corrected chi connectivity index (χ0v) is 10.9. The van der Waals surface area contributed by atoms with Crippen molar-refractivity contribution in [1.29, 1.82) is 0 Å². The molecule has 0 bridgehead atoms. The Morgan fingerprint density at radius 1 is 1.60 bits per heavy atom. The number of nitro groups is 1. The normalized spacial score (nSPS) is 10.6. The fraction of sp³-hybridized carbons (Fsp3) is 0. The van der Waals surface area contributed by atoms with Crippen LogP contribution in [0.25, 0.3) is 5.69 Å². The van der Waals surface area contributed by atoms with Gasteiger partial charge in [0, 0.05) is 24.5 Å². The monoisotopic (exact) mass is 290 g/mol. The third kappa shape index (κ3) is 3.14. The Morgan fingerprint density at radius 2 is 2.40 bits per heavy atom. The van der Waals surface area contributed by atoms with Gasteiger partial charge in [0.25, 0.3) is 5.69 Å². The Bertz CT molecular complexity index is 681. The second-order valence-electron chi connectivity index (χ2n) is 3.67. The summed E-state index contributed by atoms with van der Waals surface area (Å²) in [6, 6.07) is 6.19. The maximum absolute atomic E-state index is 10.8. The van der Waals surface area contributed by atoms with E-state index >= 15 is 0 Å². The van der Waals surface area contributed by atoms with Gasteiger partial charge < -0.3 is 5.73 Å². The molecule has 2 rings (SSSR count). The molecule has 9 heteroatoms. The van der Waals surface area contributed by atoms with E-state index in [1.165, 1.54) is 18.3 Å². The number of benzene rings is 1. The van der Waals surface area contributed by atoms with Crippen LogP contribution in [-0.2, 0) is 0 Å². The number of aromatic nitrogens is 2. The summed E-state index contributed by atoms with van der Waals surface area (Å²) >= 11 is 4.61. The highest BCUT2D eigenvalue weighted by Crippen LogP contribution is 2.17. The van der Waals surface area contributed by atoms with Crippen molar-refractivity contribution in [2.24, 2.45) is 10.8 Å². The first-order valence-electron chi connectivity index (χ1n) is 5.44. The highest BCUT2D eigenvalue weighted by molar-refractivity contribution is 7.80. The molecule has 0 saturated carbocycles. The van der Waals surface area contributed by atoms with Crippen LogP contribution in [0.3, 0.4) is 0 Å². The molecule has 1 heterocycles. The summed E-state index contributed by atoms with van der Waals surface area (Å²) in [5.41, 5.74) is 8.25. The molecule has 0 aliphatic heterocycles. The number of nitrogens with two attached hydrogens (primary N) is 1. The number of nitro benzene ring substituents is 1. The summed E-state index contributed by atoms with van der Waals surface area (Å²) in [7, 11) is 0. The van der Waals surface area contributed by atoms with Crippen molar-refractivity contribution in [3.63, 3.8) is 0 Å². The first-order chi connectivity index (χ1) is 9.58. The summed E-state index contributed by atoms with van der Waals surface area (Å²) in [5, 5.41) is 14.6. The molecule has 3 N–H and O–H groups in total. The van der Waals surface area contributed by atoms with Gasteiger partial charge >= 0.3 is 0 Å². The standard InChI is InChI=1S/C11H10N6O2S/c12-11(20)15-14-7-10-13-4-5-16(10)8-2-1-3-9(6-8)17(18)19/h1-7H,(H3,12,15,20)/b14-7+. The van der Waals surface area contributed by atoms with Crippen LogP contribution in [0.5, 0.6) is 0 Å². The zero-order valence-electron chi connectivity index (χ0n) is 10.1. The number of imidazole rings is 1. The van der Waals surface area contributed by atoms with Crippen molar-refractivity contribution in [3.8, 4) is 5.69 Å². The second kappa shape index (κ2) is 5.89. The molecule has 0 atom stereocenters. The van der Waals surface area contributed by atoms with Crippen LogP contribution in [-0.4, -0.2) is 25.8 Å². The van der Waals surface area contributed by atoms with Crippen LogP contribution in [0.4, 0.5) is 5.69 Å². The van der Waals surface area contributed by atoms with Crippen molar-refractivity contribution < 1.29 is 4.92 Å². The van der Waals surface area contributed by atoms with Gasteiger partial charge in [-0.3, -0.25) is 20.1 Å². The quantitative estimate of drug-likeness (QED) is 0.375. The molecule has 0 aliphatic carbocycles. The van der Waals surface area contributed by atoms with Crippen molar-refractivity contribution in [2.75, 3.05) is 0 Å². The zero-order chi connectivity index (χ0) is 14.5. The predicted molar refractivity (Wildman–Crippen MR) is 77.7 cm³/mol. The van der Waals surface area contributed by atoms with E-state index in [0.717, 1.165) is 0 Å². The summed E-state index contributed by atoms with van der Waals surface area (Å²) in [6.07, 6.45) is 4.64. The number of hydrogen-bond acceptors (Lipinski definition) is 5. The third-order valence-electron chi connectivity index (χ3n) is 2.34. The Hall–Kier alpha value is -2.81. The van der Waals surface area contributed by atoms with E-state index in [-0.39, 0.29) is 10.8 Å². The first kappa shape index (κ1) is 13.6. The number of thiocarbonyl (C=S) groups is 1. The fourth-order valence-corrected chi connectivity index (χ4v) is 1.59. The summed E-state index contributed by atoms with van der Waals surface area (Å²) in [5.74, 6) is 0.481. The number of rotatable bonds is 4. The molecule has 0 amide bonds. The van der Waals surface area contributed by atoms with Crippen molar-refractivity contribution in [1.82, 2.24) is 15.0 Å². The first-order valence-corrected chi connectivity index (χ1v) is 5.85. The molecule has 0 spiro atoms. The van der Waals surface area contributed by atoms with E-state index in [4.69, 9.17) is 5.73 Å². The van der Waals surface area contributed by atoms with Crippen LogP contribution in [0.2, 0.25) is 0 Å².